The summed E-state index contributed by atoms with van der Waals surface area (Å²) in [4.78, 5) is 22.9. The second-order valence-electron chi connectivity index (χ2n) is 5.59. The van der Waals surface area contributed by atoms with E-state index in [1.54, 1.807) is 20.8 Å². The summed E-state index contributed by atoms with van der Waals surface area (Å²) >= 11 is 3.33. The van der Waals surface area contributed by atoms with Gasteiger partial charge in [-0.15, -0.1) is 0 Å². The van der Waals surface area contributed by atoms with E-state index < -0.39 is 23.5 Å². The molecule has 6 heteroatoms. The molecule has 1 atom stereocenters. The molecule has 20 heavy (non-hydrogen) atoms. The number of benzene rings is 1. The van der Waals surface area contributed by atoms with Gasteiger partial charge in [0.1, 0.15) is 6.04 Å². The van der Waals surface area contributed by atoms with Crippen molar-refractivity contribution in [2.24, 2.45) is 5.41 Å². The van der Waals surface area contributed by atoms with Gasteiger partial charge in [0.15, 0.2) is 0 Å². The second-order valence-corrected chi connectivity index (χ2v) is 6.51. The first-order chi connectivity index (χ1) is 9.20. The predicted molar refractivity (Wildman–Crippen MR) is 80.4 cm³/mol. The van der Waals surface area contributed by atoms with E-state index in [1.807, 2.05) is 24.3 Å². The highest BCUT2D eigenvalue weighted by Crippen LogP contribution is 2.19. The molecule has 2 amide bonds. The minimum absolute atomic E-state index is 0.343. The molecule has 0 bridgehead atoms. The molecular weight excluding hydrogens is 324 g/mol. The van der Waals surface area contributed by atoms with Gasteiger partial charge >= 0.3 is 12.0 Å². The Balaban J connectivity index is 2.54. The van der Waals surface area contributed by atoms with Crippen molar-refractivity contribution in [3.8, 4) is 0 Å². The molecule has 0 aliphatic rings. The summed E-state index contributed by atoms with van der Waals surface area (Å²) in [6, 6.07) is 6.09. The Morgan fingerprint density at radius 2 is 1.80 bits per heavy atom. The van der Waals surface area contributed by atoms with Gasteiger partial charge < -0.3 is 15.7 Å². The molecule has 0 saturated carbocycles. The number of hydrogen-bond acceptors (Lipinski definition) is 2. The van der Waals surface area contributed by atoms with Crippen LogP contribution < -0.4 is 10.6 Å². The van der Waals surface area contributed by atoms with Crippen LogP contribution >= 0.6 is 15.9 Å². The van der Waals surface area contributed by atoms with Crippen LogP contribution in [0.2, 0.25) is 0 Å². The number of carboxylic acid groups (broad SMARTS) is 1. The van der Waals surface area contributed by atoms with Gasteiger partial charge in [-0.3, -0.25) is 0 Å². The van der Waals surface area contributed by atoms with Gasteiger partial charge in [-0.05, 0) is 23.1 Å². The van der Waals surface area contributed by atoms with Crippen LogP contribution in [0.3, 0.4) is 0 Å². The van der Waals surface area contributed by atoms with Crippen molar-refractivity contribution in [3.05, 3.63) is 34.3 Å². The van der Waals surface area contributed by atoms with Gasteiger partial charge in [0.05, 0.1) is 0 Å². The summed E-state index contributed by atoms with van der Waals surface area (Å²) in [6.07, 6.45) is 0. The molecule has 0 saturated heterocycles. The topological polar surface area (TPSA) is 78.4 Å². The molecule has 1 unspecified atom stereocenters. The molecule has 0 aliphatic heterocycles. The largest absolute Gasteiger partial charge is 0.480 e. The lowest BCUT2D eigenvalue weighted by atomic mass is 9.87. The summed E-state index contributed by atoms with van der Waals surface area (Å²) in [7, 11) is 0. The fourth-order valence-corrected chi connectivity index (χ4v) is 1.88. The molecule has 0 aromatic heterocycles. The first-order valence-electron chi connectivity index (χ1n) is 6.22. The van der Waals surface area contributed by atoms with Gasteiger partial charge in [-0.25, -0.2) is 9.59 Å². The Labute approximate surface area is 126 Å². The van der Waals surface area contributed by atoms with Crippen LogP contribution in [-0.4, -0.2) is 23.1 Å². The van der Waals surface area contributed by atoms with E-state index in [4.69, 9.17) is 5.11 Å². The van der Waals surface area contributed by atoms with Crippen molar-refractivity contribution in [1.82, 2.24) is 10.6 Å². The van der Waals surface area contributed by atoms with E-state index in [-0.39, 0.29) is 0 Å². The number of aliphatic carboxylic acids is 1. The molecule has 0 heterocycles. The van der Waals surface area contributed by atoms with Crippen LogP contribution in [0.25, 0.3) is 0 Å². The molecule has 3 N–H and O–H groups in total. The quantitative estimate of drug-likeness (QED) is 0.787. The van der Waals surface area contributed by atoms with E-state index in [0.29, 0.717) is 6.54 Å². The van der Waals surface area contributed by atoms with Crippen molar-refractivity contribution in [1.29, 1.82) is 0 Å². The number of rotatable bonds is 4. The van der Waals surface area contributed by atoms with Crippen molar-refractivity contribution >= 4 is 27.9 Å². The van der Waals surface area contributed by atoms with Gasteiger partial charge in [-0.2, -0.15) is 0 Å². The number of amides is 2. The van der Waals surface area contributed by atoms with Crippen LogP contribution in [-0.2, 0) is 11.3 Å². The Morgan fingerprint density at radius 1 is 1.25 bits per heavy atom. The number of carbonyl (C=O) groups is 2. The van der Waals surface area contributed by atoms with E-state index in [1.165, 1.54) is 0 Å². The highest BCUT2D eigenvalue weighted by Gasteiger charge is 2.32. The molecule has 0 radical (unpaired) electrons. The SMILES string of the molecule is CC(C)(C)C(NC(=O)NCc1ccc(Br)cc1)C(=O)O. The van der Waals surface area contributed by atoms with Crippen LogP contribution in [0.5, 0.6) is 0 Å². The lowest BCUT2D eigenvalue weighted by molar-refractivity contribution is -0.141. The van der Waals surface area contributed by atoms with Gasteiger partial charge in [0.2, 0.25) is 0 Å². The Bertz CT molecular complexity index is 480. The lowest BCUT2D eigenvalue weighted by Gasteiger charge is -2.27. The molecule has 0 aliphatic carbocycles. The molecule has 1 aromatic carbocycles. The number of carboxylic acids is 1. The Hall–Kier alpha value is -1.56. The maximum atomic E-state index is 11.8. The lowest BCUT2D eigenvalue weighted by Crippen LogP contribution is -2.52. The zero-order valence-corrected chi connectivity index (χ0v) is 13.3. The van der Waals surface area contributed by atoms with Gasteiger partial charge in [-0.1, -0.05) is 48.8 Å². The molecule has 0 spiro atoms. The summed E-state index contributed by atoms with van der Waals surface area (Å²) in [6.45, 7) is 5.64. The number of carbonyl (C=O) groups excluding carboxylic acids is 1. The standard InChI is InChI=1S/C14H19BrN2O3/c1-14(2,3)11(12(18)19)17-13(20)16-8-9-4-6-10(15)7-5-9/h4-7,11H,8H2,1-3H3,(H,18,19)(H2,16,17,20). The fourth-order valence-electron chi connectivity index (χ4n) is 1.62. The second kappa shape index (κ2) is 6.74. The molecular formula is C14H19BrN2O3. The third-order valence-electron chi connectivity index (χ3n) is 2.75. The third kappa shape index (κ3) is 5.21. The average molecular weight is 343 g/mol. The molecule has 1 rings (SSSR count). The van der Waals surface area contributed by atoms with Crippen LogP contribution in [0.15, 0.2) is 28.7 Å². The average Bonchev–Trinajstić information content (AvgIpc) is 2.33. The Kier molecular flexibility index (Phi) is 5.56. The Morgan fingerprint density at radius 3 is 2.25 bits per heavy atom. The van der Waals surface area contributed by atoms with Crippen LogP contribution in [0.1, 0.15) is 26.3 Å². The summed E-state index contributed by atoms with van der Waals surface area (Å²) in [5, 5.41) is 14.3. The minimum Gasteiger partial charge on any atom is -0.480 e. The zero-order valence-electron chi connectivity index (χ0n) is 11.7. The number of urea groups is 1. The number of hydrogen-bond donors (Lipinski definition) is 3. The number of nitrogens with one attached hydrogen (secondary N) is 2. The normalized spacial score (nSPS) is 12.6. The van der Waals surface area contributed by atoms with E-state index in [9.17, 15) is 9.59 Å². The predicted octanol–water partition coefficient (Wildman–Crippen LogP) is 2.75. The maximum Gasteiger partial charge on any atom is 0.326 e. The smallest absolute Gasteiger partial charge is 0.326 e. The highest BCUT2D eigenvalue weighted by molar-refractivity contribution is 9.10. The third-order valence-corrected chi connectivity index (χ3v) is 3.28. The van der Waals surface area contributed by atoms with Crippen LogP contribution in [0, 0.1) is 5.41 Å². The van der Waals surface area contributed by atoms with Crippen molar-refractivity contribution < 1.29 is 14.7 Å². The monoisotopic (exact) mass is 342 g/mol. The molecule has 5 nitrogen and oxygen atoms in total. The van der Waals surface area contributed by atoms with Crippen LogP contribution in [0.4, 0.5) is 4.79 Å². The van der Waals surface area contributed by atoms with Gasteiger partial charge in [0.25, 0.3) is 0 Å². The van der Waals surface area contributed by atoms with Gasteiger partial charge in [0, 0.05) is 11.0 Å². The van der Waals surface area contributed by atoms with E-state index >= 15 is 0 Å². The van der Waals surface area contributed by atoms with Crippen molar-refractivity contribution in [2.75, 3.05) is 0 Å². The van der Waals surface area contributed by atoms with Crippen molar-refractivity contribution in [2.45, 2.75) is 33.4 Å². The maximum absolute atomic E-state index is 11.8. The summed E-state index contributed by atoms with van der Waals surface area (Å²) in [5.74, 6) is -1.05. The minimum atomic E-state index is -1.05. The fraction of sp³-hybridized carbons (Fsp3) is 0.429. The first kappa shape index (κ1) is 16.5. The first-order valence-corrected chi connectivity index (χ1v) is 7.01. The summed E-state index contributed by atoms with van der Waals surface area (Å²) in [5.41, 5.74) is 0.381. The molecule has 0 fully saturated rings. The summed E-state index contributed by atoms with van der Waals surface area (Å²) < 4.78 is 0.962. The van der Waals surface area contributed by atoms with E-state index in [0.717, 1.165) is 10.0 Å². The van der Waals surface area contributed by atoms with Crippen molar-refractivity contribution in [3.63, 3.8) is 0 Å². The molecule has 1 aromatic rings. The highest BCUT2D eigenvalue weighted by atomic mass is 79.9. The zero-order chi connectivity index (χ0) is 15.3. The molecule has 110 valence electrons. The van der Waals surface area contributed by atoms with E-state index in [2.05, 4.69) is 26.6 Å². The number of halogens is 1.